The highest BCUT2D eigenvalue weighted by atomic mass is 35.5. The van der Waals surface area contributed by atoms with E-state index >= 15 is 0 Å². The maximum atomic E-state index is 12.5. The topological polar surface area (TPSA) is 58.6 Å². The largest absolute Gasteiger partial charge is 0.479 e. The number of rotatable bonds is 5. The number of carbonyl (C=O) groups is 2. The summed E-state index contributed by atoms with van der Waals surface area (Å²) < 4.78 is 5.62. The lowest BCUT2D eigenvalue weighted by Crippen LogP contribution is -2.35. The first-order valence-electron chi connectivity index (χ1n) is 9.16. The second-order valence-corrected chi connectivity index (χ2v) is 7.02. The van der Waals surface area contributed by atoms with Crippen LogP contribution in [0, 0.1) is 0 Å². The number of hydrogen-bond acceptors (Lipinski definition) is 3. The maximum Gasteiger partial charge on any atom is 0.265 e. The molecular weight excluding hydrogens is 364 g/mol. The van der Waals surface area contributed by atoms with Gasteiger partial charge < -0.3 is 15.0 Å². The minimum Gasteiger partial charge on any atom is -0.479 e. The number of anilines is 1. The van der Waals surface area contributed by atoms with Gasteiger partial charge in [-0.1, -0.05) is 23.7 Å². The molecule has 1 saturated heterocycles. The summed E-state index contributed by atoms with van der Waals surface area (Å²) in [5.41, 5.74) is 1.25. The van der Waals surface area contributed by atoms with Crippen LogP contribution in [0.25, 0.3) is 0 Å². The van der Waals surface area contributed by atoms with Gasteiger partial charge in [0.25, 0.3) is 11.8 Å². The quantitative estimate of drug-likeness (QED) is 0.829. The first kappa shape index (κ1) is 19.2. The molecule has 1 atom stereocenters. The first-order valence-corrected chi connectivity index (χ1v) is 9.54. The minimum atomic E-state index is -0.709. The zero-order valence-corrected chi connectivity index (χ0v) is 16.0. The highest BCUT2D eigenvalue weighted by molar-refractivity contribution is 6.32. The molecule has 1 N–H and O–H groups in total. The maximum absolute atomic E-state index is 12.5. The number of hydrogen-bond donors (Lipinski definition) is 1. The summed E-state index contributed by atoms with van der Waals surface area (Å²) in [6.07, 6.45) is 2.59. The van der Waals surface area contributed by atoms with E-state index in [1.807, 2.05) is 4.90 Å². The third-order valence-corrected chi connectivity index (χ3v) is 4.86. The molecule has 2 amide bonds. The summed E-state index contributed by atoms with van der Waals surface area (Å²) >= 11 is 6.05. The van der Waals surface area contributed by atoms with Crippen LogP contribution in [0.1, 0.15) is 36.5 Å². The fourth-order valence-electron chi connectivity index (χ4n) is 3.00. The number of para-hydroxylation sites is 1. The van der Waals surface area contributed by atoms with Crippen LogP contribution in [0.4, 0.5) is 5.69 Å². The van der Waals surface area contributed by atoms with Crippen molar-refractivity contribution in [1.82, 2.24) is 4.90 Å². The number of amides is 2. The number of ether oxygens (including phenoxy) is 1. The third kappa shape index (κ3) is 5.01. The molecule has 0 aliphatic carbocycles. The molecule has 1 aliphatic heterocycles. The Kier molecular flexibility index (Phi) is 6.35. The molecule has 0 aromatic heterocycles. The molecule has 0 spiro atoms. The van der Waals surface area contributed by atoms with E-state index in [0.29, 0.717) is 22.0 Å². The van der Waals surface area contributed by atoms with E-state index in [2.05, 4.69) is 5.32 Å². The van der Waals surface area contributed by atoms with Crippen molar-refractivity contribution in [2.24, 2.45) is 0 Å². The zero-order valence-electron chi connectivity index (χ0n) is 15.3. The molecule has 3 rings (SSSR count). The predicted molar refractivity (Wildman–Crippen MR) is 106 cm³/mol. The molecule has 142 valence electrons. The van der Waals surface area contributed by atoms with E-state index in [-0.39, 0.29) is 11.8 Å². The van der Waals surface area contributed by atoms with Crippen LogP contribution in [0.5, 0.6) is 5.75 Å². The lowest BCUT2D eigenvalue weighted by Gasteiger charge is -2.26. The van der Waals surface area contributed by atoms with Crippen LogP contribution in [0.15, 0.2) is 48.5 Å². The van der Waals surface area contributed by atoms with Crippen LogP contribution in [0.3, 0.4) is 0 Å². The van der Waals surface area contributed by atoms with E-state index < -0.39 is 6.10 Å². The summed E-state index contributed by atoms with van der Waals surface area (Å²) in [4.78, 5) is 26.7. The predicted octanol–water partition coefficient (Wildman–Crippen LogP) is 4.37. The summed E-state index contributed by atoms with van der Waals surface area (Å²) in [5, 5.41) is 3.25. The first-order chi connectivity index (χ1) is 13.0. The molecule has 2 aromatic rings. The van der Waals surface area contributed by atoms with E-state index in [0.717, 1.165) is 25.9 Å². The molecule has 2 aromatic carbocycles. The van der Waals surface area contributed by atoms with Gasteiger partial charge >= 0.3 is 0 Å². The van der Waals surface area contributed by atoms with Crippen LogP contribution in [-0.4, -0.2) is 35.9 Å². The molecule has 0 bridgehead atoms. The summed E-state index contributed by atoms with van der Waals surface area (Å²) in [7, 11) is 0. The van der Waals surface area contributed by atoms with Crippen molar-refractivity contribution < 1.29 is 14.3 Å². The molecule has 0 radical (unpaired) electrons. The second kappa shape index (κ2) is 8.91. The second-order valence-electron chi connectivity index (χ2n) is 6.61. The average Bonchev–Trinajstić information content (AvgIpc) is 2.70. The number of benzene rings is 2. The Labute approximate surface area is 164 Å². The normalized spacial score (nSPS) is 15.1. The molecule has 27 heavy (non-hydrogen) atoms. The van der Waals surface area contributed by atoms with Crippen LogP contribution in [0.2, 0.25) is 5.02 Å². The Hall–Kier alpha value is -2.53. The Balaban J connectivity index is 1.58. The van der Waals surface area contributed by atoms with E-state index in [1.165, 1.54) is 6.42 Å². The fourth-order valence-corrected chi connectivity index (χ4v) is 3.18. The van der Waals surface area contributed by atoms with Gasteiger partial charge in [0.05, 0.1) is 5.02 Å². The molecule has 1 heterocycles. The number of halogens is 1. The molecule has 1 fully saturated rings. The van der Waals surface area contributed by atoms with Gasteiger partial charge in [-0.3, -0.25) is 9.59 Å². The van der Waals surface area contributed by atoms with Crippen molar-refractivity contribution in [3.63, 3.8) is 0 Å². The Morgan fingerprint density at radius 1 is 1.04 bits per heavy atom. The van der Waals surface area contributed by atoms with Gasteiger partial charge in [-0.2, -0.15) is 0 Å². The van der Waals surface area contributed by atoms with Gasteiger partial charge in [0.1, 0.15) is 5.75 Å². The monoisotopic (exact) mass is 386 g/mol. The number of likely N-dealkylation sites (tertiary alicyclic amines) is 1. The number of nitrogens with zero attached hydrogens (tertiary/aromatic N) is 1. The number of nitrogens with one attached hydrogen (secondary N) is 1. The Bertz CT molecular complexity index is 801. The molecule has 1 unspecified atom stereocenters. The highest BCUT2D eigenvalue weighted by Crippen LogP contribution is 2.24. The van der Waals surface area contributed by atoms with Crippen molar-refractivity contribution in [2.75, 3.05) is 18.4 Å². The summed E-state index contributed by atoms with van der Waals surface area (Å²) in [5.74, 6) is 0.220. The molecule has 6 heteroatoms. The van der Waals surface area contributed by atoms with Crippen LogP contribution < -0.4 is 10.1 Å². The SMILES string of the molecule is CC(Oc1ccccc1Cl)C(=O)Nc1ccc(C(=O)N2CCCCC2)cc1. The van der Waals surface area contributed by atoms with Gasteiger partial charge in [0, 0.05) is 24.3 Å². The lowest BCUT2D eigenvalue weighted by atomic mass is 10.1. The molecule has 5 nitrogen and oxygen atoms in total. The number of piperidine rings is 1. The van der Waals surface area contributed by atoms with Crippen molar-refractivity contribution in [1.29, 1.82) is 0 Å². The van der Waals surface area contributed by atoms with Gasteiger partial charge in [0.15, 0.2) is 6.10 Å². The molecule has 0 saturated carbocycles. The van der Waals surface area contributed by atoms with Gasteiger partial charge in [0.2, 0.25) is 0 Å². The summed E-state index contributed by atoms with van der Waals surface area (Å²) in [6, 6.07) is 14.0. The summed E-state index contributed by atoms with van der Waals surface area (Å²) in [6.45, 7) is 3.29. The van der Waals surface area contributed by atoms with Gasteiger partial charge in [-0.05, 0) is 62.6 Å². The average molecular weight is 387 g/mol. The minimum absolute atomic E-state index is 0.0444. The third-order valence-electron chi connectivity index (χ3n) is 4.55. The standard InChI is InChI=1S/C21H23ClN2O3/c1-15(27-19-8-4-3-7-18(19)22)20(25)23-17-11-9-16(10-12-17)21(26)24-13-5-2-6-14-24/h3-4,7-12,15H,2,5-6,13-14H2,1H3,(H,23,25). The van der Waals surface area contributed by atoms with Crippen LogP contribution >= 0.6 is 11.6 Å². The van der Waals surface area contributed by atoms with E-state index in [1.54, 1.807) is 55.5 Å². The Morgan fingerprint density at radius 3 is 2.37 bits per heavy atom. The van der Waals surface area contributed by atoms with Gasteiger partial charge in [-0.25, -0.2) is 0 Å². The molecular formula is C21H23ClN2O3. The smallest absolute Gasteiger partial charge is 0.265 e. The van der Waals surface area contributed by atoms with Crippen LogP contribution in [-0.2, 0) is 4.79 Å². The van der Waals surface area contributed by atoms with Gasteiger partial charge in [-0.15, -0.1) is 0 Å². The molecule has 1 aliphatic rings. The zero-order chi connectivity index (χ0) is 19.2. The van der Waals surface area contributed by atoms with Crippen molar-refractivity contribution in [3.8, 4) is 5.75 Å². The lowest BCUT2D eigenvalue weighted by molar-refractivity contribution is -0.122. The fraction of sp³-hybridized carbons (Fsp3) is 0.333. The van der Waals surface area contributed by atoms with Crippen molar-refractivity contribution >= 4 is 29.1 Å². The van der Waals surface area contributed by atoms with E-state index in [4.69, 9.17) is 16.3 Å². The van der Waals surface area contributed by atoms with E-state index in [9.17, 15) is 9.59 Å². The Morgan fingerprint density at radius 2 is 1.70 bits per heavy atom. The van der Waals surface area contributed by atoms with Crippen molar-refractivity contribution in [3.05, 3.63) is 59.1 Å². The number of carbonyl (C=O) groups excluding carboxylic acids is 2. The van der Waals surface area contributed by atoms with Crippen molar-refractivity contribution in [2.45, 2.75) is 32.3 Å². The highest BCUT2D eigenvalue weighted by Gasteiger charge is 2.19.